The number of hydrogen-bond donors (Lipinski definition) is 1. The number of carbonyl (C=O) groups excluding carboxylic acids is 1. The lowest BCUT2D eigenvalue weighted by atomic mass is 10.1. The fourth-order valence-corrected chi connectivity index (χ4v) is 4.07. The van der Waals surface area contributed by atoms with Crippen molar-refractivity contribution in [1.29, 1.82) is 0 Å². The molecule has 2 aromatic rings. The third kappa shape index (κ3) is 3.88. The molecule has 3 rings (SSSR count). The molecule has 1 unspecified atom stereocenters. The average Bonchev–Trinajstić information content (AvgIpc) is 3.09. The number of fused-ring (bicyclic) bond motifs is 1. The molecule has 138 valence electrons. The Labute approximate surface area is 155 Å². The summed E-state index contributed by atoms with van der Waals surface area (Å²) in [6.07, 6.45) is 1.27. The van der Waals surface area contributed by atoms with E-state index in [1.165, 1.54) is 24.3 Å². The molecule has 0 saturated heterocycles. The first-order valence-corrected chi connectivity index (χ1v) is 10.5. The summed E-state index contributed by atoms with van der Waals surface area (Å²) >= 11 is 1.22. The lowest BCUT2D eigenvalue weighted by molar-refractivity contribution is -0.115. The molecule has 1 atom stereocenters. The Hall–Kier alpha value is -2.39. The first kappa shape index (κ1) is 18.4. The predicted molar refractivity (Wildman–Crippen MR) is 101 cm³/mol. The van der Waals surface area contributed by atoms with E-state index in [0.29, 0.717) is 35.5 Å². The zero-order valence-corrected chi connectivity index (χ0v) is 15.7. The quantitative estimate of drug-likeness (QED) is 0.757. The standard InChI is InChI=1S/C17H18N2O5S2/c1-3-8-26(21,22)11(2)16(20)19-17-18-13(10-25-17)12-4-5-14-15(9-12)24-7-6-23-14/h3-5,9-11H,1,6-8H2,2H3,(H,18,19,20). The molecule has 0 radical (unpaired) electrons. The summed E-state index contributed by atoms with van der Waals surface area (Å²) in [6, 6.07) is 5.49. The minimum Gasteiger partial charge on any atom is -0.486 e. The van der Waals surface area contributed by atoms with Crippen molar-refractivity contribution in [2.45, 2.75) is 12.2 Å². The van der Waals surface area contributed by atoms with Crippen molar-refractivity contribution in [2.75, 3.05) is 24.3 Å². The number of thiazole rings is 1. The molecule has 0 spiro atoms. The predicted octanol–water partition coefficient (Wildman–Crippen LogP) is 2.51. The zero-order valence-electron chi connectivity index (χ0n) is 14.1. The van der Waals surface area contributed by atoms with Crippen LogP contribution in [0.4, 0.5) is 5.13 Å². The Morgan fingerprint density at radius 3 is 2.85 bits per heavy atom. The van der Waals surface area contributed by atoms with E-state index in [9.17, 15) is 13.2 Å². The van der Waals surface area contributed by atoms with Gasteiger partial charge in [-0.3, -0.25) is 4.79 Å². The molecule has 1 aliphatic heterocycles. The van der Waals surface area contributed by atoms with Gasteiger partial charge in [-0.1, -0.05) is 6.08 Å². The first-order chi connectivity index (χ1) is 12.4. The number of amides is 1. The van der Waals surface area contributed by atoms with Crippen LogP contribution in [0, 0.1) is 0 Å². The van der Waals surface area contributed by atoms with Crippen LogP contribution in [0.15, 0.2) is 36.2 Å². The summed E-state index contributed by atoms with van der Waals surface area (Å²) in [4.78, 5) is 16.5. The number of nitrogens with zero attached hydrogens (tertiary/aromatic N) is 1. The third-order valence-corrected chi connectivity index (χ3v) is 6.58. The molecule has 1 N–H and O–H groups in total. The zero-order chi connectivity index (χ0) is 18.7. The maximum Gasteiger partial charge on any atom is 0.244 e. The molecule has 0 fully saturated rings. The maximum absolute atomic E-state index is 12.2. The number of nitrogens with one attached hydrogen (secondary N) is 1. The molecule has 1 amide bonds. The van der Waals surface area contributed by atoms with E-state index in [-0.39, 0.29) is 5.75 Å². The van der Waals surface area contributed by atoms with Gasteiger partial charge in [-0.2, -0.15) is 0 Å². The van der Waals surface area contributed by atoms with Crippen molar-refractivity contribution >= 4 is 32.2 Å². The number of hydrogen-bond acceptors (Lipinski definition) is 7. The van der Waals surface area contributed by atoms with Crippen LogP contribution >= 0.6 is 11.3 Å². The van der Waals surface area contributed by atoms with Gasteiger partial charge in [0.05, 0.1) is 11.4 Å². The topological polar surface area (TPSA) is 94.6 Å². The van der Waals surface area contributed by atoms with E-state index in [1.54, 1.807) is 5.38 Å². The molecular formula is C17H18N2O5S2. The molecule has 1 aliphatic rings. The second-order valence-electron chi connectivity index (χ2n) is 5.65. The molecule has 26 heavy (non-hydrogen) atoms. The number of sulfone groups is 1. The van der Waals surface area contributed by atoms with Gasteiger partial charge >= 0.3 is 0 Å². The molecule has 9 heteroatoms. The maximum atomic E-state index is 12.2. The summed E-state index contributed by atoms with van der Waals surface area (Å²) in [6.45, 7) is 5.76. The van der Waals surface area contributed by atoms with E-state index < -0.39 is 21.0 Å². The molecule has 2 heterocycles. The highest BCUT2D eigenvalue weighted by molar-refractivity contribution is 7.92. The number of rotatable bonds is 6. The van der Waals surface area contributed by atoms with Gasteiger partial charge in [-0.15, -0.1) is 17.9 Å². The Balaban J connectivity index is 1.74. The van der Waals surface area contributed by atoms with E-state index in [0.717, 1.165) is 5.56 Å². The van der Waals surface area contributed by atoms with Gasteiger partial charge in [0, 0.05) is 10.9 Å². The Kier molecular flexibility index (Phi) is 5.28. The highest BCUT2D eigenvalue weighted by atomic mass is 32.2. The lowest BCUT2D eigenvalue weighted by Gasteiger charge is -2.18. The third-order valence-electron chi connectivity index (χ3n) is 3.83. The highest BCUT2D eigenvalue weighted by Crippen LogP contribution is 2.35. The molecule has 0 bridgehead atoms. The van der Waals surface area contributed by atoms with Crippen molar-refractivity contribution in [3.63, 3.8) is 0 Å². The van der Waals surface area contributed by atoms with Gasteiger partial charge in [-0.05, 0) is 25.1 Å². The van der Waals surface area contributed by atoms with Gasteiger partial charge in [0.25, 0.3) is 0 Å². The molecule has 7 nitrogen and oxygen atoms in total. The van der Waals surface area contributed by atoms with Gasteiger partial charge in [0.2, 0.25) is 5.91 Å². The number of benzene rings is 1. The first-order valence-electron chi connectivity index (χ1n) is 7.89. The van der Waals surface area contributed by atoms with E-state index in [1.807, 2.05) is 18.2 Å². The van der Waals surface area contributed by atoms with Crippen LogP contribution in [-0.2, 0) is 14.6 Å². The summed E-state index contributed by atoms with van der Waals surface area (Å²) in [5, 5.41) is 3.49. The minimum absolute atomic E-state index is 0.248. The summed E-state index contributed by atoms with van der Waals surface area (Å²) < 4.78 is 34.9. The Morgan fingerprint density at radius 1 is 1.38 bits per heavy atom. The minimum atomic E-state index is -3.57. The Bertz CT molecular complexity index is 936. The van der Waals surface area contributed by atoms with E-state index in [2.05, 4.69) is 16.9 Å². The highest BCUT2D eigenvalue weighted by Gasteiger charge is 2.27. The van der Waals surface area contributed by atoms with Crippen LogP contribution < -0.4 is 14.8 Å². The average molecular weight is 394 g/mol. The fourth-order valence-electron chi connectivity index (χ4n) is 2.35. The van der Waals surface area contributed by atoms with Crippen LogP contribution in [0.1, 0.15) is 6.92 Å². The van der Waals surface area contributed by atoms with Crippen molar-refractivity contribution in [2.24, 2.45) is 0 Å². The van der Waals surface area contributed by atoms with Crippen LogP contribution in [0.2, 0.25) is 0 Å². The largest absolute Gasteiger partial charge is 0.486 e. The van der Waals surface area contributed by atoms with Crippen LogP contribution in [0.3, 0.4) is 0 Å². The Morgan fingerprint density at radius 2 is 2.12 bits per heavy atom. The number of anilines is 1. The molecule has 0 saturated carbocycles. The normalized spacial score (nSPS) is 14.5. The molecule has 1 aromatic heterocycles. The summed E-state index contributed by atoms with van der Waals surface area (Å²) in [5.41, 5.74) is 1.47. The van der Waals surface area contributed by atoms with Crippen LogP contribution in [-0.4, -0.2) is 43.5 Å². The van der Waals surface area contributed by atoms with E-state index >= 15 is 0 Å². The van der Waals surface area contributed by atoms with Gasteiger partial charge in [-0.25, -0.2) is 13.4 Å². The fraction of sp³-hybridized carbons (Fsp3) is 0.294. The van der Waals surface area contributed by atoms with Crippen molar-refractivity contribution in [3.05, 3.63) is 36.2 Å². The van der Waals surface area contributed by atoms with Crippen molar-refractivity contribution in [3.8, 4) is 22.8 Å². The number of ether oxygens (including phenoxy) is 2. The lowest BCUT2D eigenvalue weighted by Crippen LogP contribution is -2.33. The summed E-state index contributed by atoms with van der Waals surface area (Å²) in [7, 11) is -3.57. The van der Waals surface area contributed by atoms with E-state index in [4.69, 9.17) is 9.47 Å². The van der Waals surface area contributed by atoms with Crippen LogP contribution in [0.25, 0.3) is 11.3 Å². The molecular weight excluding hydrogens is 376 g/mol. The van der Waals surface area contributed by atoms with Crippen LogP contribution in [0.5, 0.6) is 11.5 Å². The SMILES string of the molecule is C=CCS(=O)(=O)C(C)C(=O)Nc1nc(-c2ccc3c(c2)OCCO3)cs1. The molecule has 1 aromatic carbocycles. The molecule has 0 aliphatic carbocycles. The smallest absolute Gasteiger partial charge is 0.244 e. The van der Waals surface area contributed by atoms with Gasteiger partial charge in [0.1, 0.15) is 18.5 Å². The van der Waals surface area contributed by atoms with Crippen molar-refractivity contribution in [1.82, 2.24) is 4.98 Å². The second kappa shape index (κ2) is 7.46. The van der Waals surface area contributed by atoms with Crippen molar-refractivity contribution < 1.29 is 22.7 Å². The second-order valence-corrected chi connectivity index (χ2v) is 8.87. The number of aromatic nitrogens is 1. The van der Waals surface area contributed by atoms with Gasteiger partial charge < -0.3 is 14.8 Å². The van der Waals surface area contributed by atoms with Gasteiger partial charge in [0.15, 0.2) is 26.5 Å². The monoisotopic (exact) mass is 394 g/mol. The number of carbonyl (C=O) groups is 1. The summed E-state index contributed by atoms with van der Waals surface area (Å²) in [5.74, 6) is 0.471.